The molecule has 0 amide bonds. The molecule has 11 heteroatoms. The Labute approximate surface area is 205 Å². The van der Waals surface area contributed by atoms with Crippen LogP contribution < -0.4 is 4.90 Å². The number of aliphatic hydroxyl groups excluding tert-OH is 1. The van der Waals surface area contributed by atoms with Gasteiger partial charge in [-0.2, -0.15) is 17.5 Å². The van der Waals surface area contributed by atoms with Crippen molar-refractivity contribution in [1.29, 1.82) is 0 Å². The lowest BCUT2D eigenvalue weighted by Crippen LogP contribution is -2.55. The van der Waals surface area contributed by atoms with Crippen molar-refractivity contribution in [3.63, 3.8) is 0 Å². The van der Waals surface area contributed by atoms with E-state index in [0.717, 1.165) is 29.0 Å². The number of piperazine rings is 1. The molecule has 2 atom stereocenters. The van der Waals surface area contributed by atoms with Crippen molar-refractivity contribution in [3.8, 4) is 0 Å². The Kier molecular flexibility index (Phi) is 7.26. The van der Waals surface area contributed by atoms with Crippen LogP contribution in [0.1, 0.15) is 11.1 Å². The Balaban J connectivity index is 1.63. The van der Waals surface area contributed by atoms with Gasteiger partial charge in [0.25, 0.3) is 10.0 Å². The molecule has 1 aromatic heterocycles. The quantitative estimate of drug-likeness (QED) is 0.492. The summed E-state index contributed by atoms with van der Waals surface area (Å²) in [6, 6.07) is 17.8. The van der Waals surface area contributed by atoms with E-state index < -0.39 is 34.0 Å². The van der Waals surface area contributed by atoms with Crippen LogP contribution in [-0.2, 0) is 22.0 Å². The molecule has 0 bridgehead atoms. The van der Waals surface area contributed by atoms with E-state index in [2.05, 4.69) is 0 Å². The van der Waals surface area contributed by atoms with Gasteiger partial charge in [0.2, 0.25) is 5.60 Å². The van der Waals surface area contributed by atoms with Crippen LogP contribution in [0, 0.1) is 0 Å². The van der Waals surface area contributed by atoms with Crippen LogP contribution in [0.4, 0.5) is 18.9 Å². The first kappa shape index (κ1) is 25.6. The molecule has 6 nitrogen and oxygen atoms in total. The van der Waals surface area contributed by atoms with Crippen LogP contribution in [0.3, 0.4) is 0 Å². The Hall–Kier alpha value is -2.44. The molecule has 2 unspecified atom stereocenters. The van der Waals surface area contributed by atoms with Gasteiger partial charge in [0.15, 0.2) is 0 Å². The predicted octanol–water partition coefficient (Wildman–Crippen LogP) is 3.61. The molecule has 0 radical (unpaired) electrons. The van der Waals surface area contributed by atoms with E-state index in [1.807, 2.05) is 35.2 Å². The van der Waals surface area contributed by atoms with Gasteiger partial charge in [0, 0.05) is 31.4 Å². The molecular weight excluding hydrogens is 501 g/mol. The average molecular weight is 527 g/mol. The van der Waals surface area contributed by atoms with Crippen molar-refractivity contribution in [1.82, 2.24) is 4.31 Å². The number of halogens is 3. The number of benzene rings is 2. The summed E-state index contributed by atoms with van der Waals surface area (Å²) >= 11 is 1.15. The van der Waals surface area contributed by atoms with Crippen LogP contribution in [0.2, 0.25) is 0 Å². The second-order valence-corrected chi connectivity index (χ2v) is 11.5. The monoisotopic (exact) mass is 526 g/mol. The fraction of sp³-hybridized carbons (Fsp3) is 0.333. The molecule has 2 heterocycles. The van der Waals surface area contributed by atoms with Gasteiger partial charge in [-0.3, -0.25) is 0 Å². The van der Waals surface area contributed by atoms with Gasteiger partial charge in [0.05, 0.1) is 6.61 Å². The molecule has 35 heavy (non-hydrogen) atoms. The third kappa shape index (κ3) is 5.10. The number of sulfonamides is 1. The van der Waals surface area contributed by atoms with E-state index in [0.29, 0.717) is 18.7 Å². The van der Waals surface area contributed by atoms with E-state index >= 15 is 0 Å². The molecular formula is C24H25F3N2O4S2. The molecule has 0 spiro atoms. The van der Waals surface area contributed by atoms with Gasteiger partial charge in [-0.1, -0.05) is 48.5 Å². The first-order chi connectivity index (χ1) is 16.6. The average Bonchev–Trinajstić information content (AvgIpc) is 3.40. The standard InChI is InChI=1S/C24H25F3N2O4S2/c25-24(26,27)23(31,17-30)19-8-10-20(11-9-19)29-13-12-28(35(32,33)22-7-4-14-34-22)16-21(29)15-18-5-2-1-3-6-18/h1-11,14,21,30-31H,12-13,15-17H2. The maximum absolute atomic E-state index is 13.3. The summed E-state index contributed by atoms with van der Waals surface area (Å²) in [5.41, 5.74) is -2.22. The van der Waals surface area contributed by atoms with Crippen molar-refractivity contribution in [2.45, 2.75) is 28.4 Å². The maximum Gasteiger partial charge on any atom is 0.423 e. The van der Waals surface area contributed by atoms with E-state index in [9.17, 15) is 31.8 Å². The fourth-order valence-corrected chi connectivity index (χ4v) is 6.87. The number of rotatable bonds is 7. The molecule has 1 aliphatic heterocycles. The molecule has 1 fully saturated rings. The molecule has 1 aliphatic rings. The molecule has 1 saturated heterocycles. The van der Waals surface area contributed by atoms with E-state index in [1.165, 1.54) is 16.4 Å². The lowest BCUT2D eigenvalue weighted by atomic mass is 9.93. The Bertz CT molecular complexity index is 1220. The second-order valence-electron chi connectivity index (χ2n) is 8.40. The Morgan fingerprint density at radius 1 is 0.971 bits per heavy atom. The summed E-state index contributed by atoms with van der Waals surface area (Å²) in [7, 11) is -3.66. The van der Waals surface area contributed by atoms with Gasteiger partial charge in [-0.25, -0.2) is 8.42 Å². The number of anilines is 1. The highest BCUT2D eigenvalue weighted by Crippen LogP contribution is 2.39. The minimum atomic E-state index is -5.04. The van der Waals surface area contributed by atoms with E-state index in [-0.39, 0.29) is 23.3 Å². The van der Waals surface area contributed by atoms with Gasteiger partial charge < -0.3 is 15.1 Å². The van der Waals surface area contributed by atoms with Crippen molar-refractivity contribution >= 4 is 27.0 Å². The minimum Gasteiger partial charge on any atom is -0.393 e. The fourth-order valence-electron chi connectivity index (χ4n) is 4.26. The minimum absolute atomic E-state index is 0.208. The van der Waals surface area contributed by atoms with Gasteiger partial charge in [-0.15, -0.1) is 11.3 Å². The summed E-state index contributed by atoms with van der Waals surface area (Å²) in [5, 5.41) is 21.0. The first-order valence-electron chi connectivity index (χ1n) is 10.9. The molecule has 188 valence electrons. The number of thiophene rings is 1. The van der Waals surface area contributed by atoms with Crippen LogP contribution in [0.25, 0.3) is 0 Å². The zero-order chi connectivity index (χ0) is 25.3. The normalized spacial score (nSPS) is 19.5. The lowest BCUT2D eigenvalue weighted by molar-refractivity contribution is -0.277. The Morgan fingerprint density at radius 3 is 2.23 bits per heavy atom. The first-order valence-corrected chi connectivity index (χ1v) is 13.2. The van der Waals surface area contributed by atoms with Gasteiger partial charge >= 0.3 is 6.18 Å². The van der Waals surface area contributed by atoms with Crippen molar-refractivity contribution in [3.05, 3.63) is 83.2 Å². The van der Waals surface area contributed by atoms with Crippen molar-refractivity contribution in [2.24, 2.45) is 0 Å². The molecule has 3 aromatic rings. The van der Waals surface area contributed by atoms with E-state index in [1.54, 1.807) is 17.5 Å². The largest absolute Gasteiger partial charge is 0.423 e. The molecule has 0 saturated carbocycles. The Morgan fingerprint density at radius 2 is 1.66 bits per heavy atom. The van der Waals surface area contributed by atoms with Crippen molar-refractivity contribution < 1.29 is 31.8 Å². The number of aliphatic hydroxyl groups is 2. The number of hydrogen-bond donors (Lipinski definition) is 2. The summed E-state index contributed by atoms with van der Waals surface area (Å²) < 4.78 is 68.0. The summed E-state index contributed by atoms with van der Waals surface area (Å²) in [4.78, 5) is 1.98. The highest BCUT2D eigenvalue weighted by Gasteiger charge is 2.54. The maximum atomic E-state index is 13.3. The van der Waals surface area contributed by atoms with Gasteiger partial charge in [-0.05, 0) is 41.1 Å². The smallest absolute Gasteiger partial charge is 0.393 e. The lowest BCUT2D eigenvalue weighted by Gasteiger charge is -2.42. The molecule has 2 aromatic carbocycles. The van der Waals surface area contributed by atoms with Gasteiger partial charge in [0.1, 0.15) is 4.21 Å². The van der Waals surface area contributed by atoms with Crippen LogP contribution in [0.5, 0.6) is 0 Å². The van der Waals surface area contributed by atoms with Crippen LogP contribution >= 0.6 is 11.3 Å². The number of hydrogen-bond acceptors (Lipinski definition) is 6. The predicted molar refractivity (Wildman–Crippen MR) is 128 cm³/mol. The second kappa shape index (κ2) is 9.90. The number of nitrogens with zero attached hydrogens (tertiary/aromatic N) is 2. The molecule has 4 rings (SSSR count). The summed E-state index contributed by atoms with van der Waals surface area (Å²) in [5.74, 6) is 0. The number of alkyl halides is 3. The highest BCUT2D eigenvalue weighted by atomic mass is 32.2. The van der Waals surface area contributed by atoms with Crippen LogP contribution in [0.15, 0.2) is 76.3 Å². The molecule has 2 N–H and O–H groups in total. The summed E-state index contributed by atoms with van der Waals surface area (Å²) in [6.45, 7) is -0.729. The summed E-state index contributed by atoms with van der Waals surface area (Å²) in [6.07, 6.45) is -4.51. The van der Waals surface area contributed by atoms with Crippen LogP contribution in [-0.4, -0.2) is 61.4 Å². The SMILES string of the molecule is O=S(=O)(c1cccs1)N1CCN(c2ccc(C(O)(CO)C(F)(F)F)cc2)C(Cc2ccccc2)C1. The van der Waals surface area contributed by atoms with Crippen molar-refractivity contribution in [2.75, 3.05) is 31.1 Å². The zero-order valence-electron chi connectivity index (χ0n) is 18.6. The third-order valence-electron chi connectivity index (χ3n) is 6.22. The third-order valence-corrected chi connectivity index (χ3v) is 9.46. The van der Waals surface area contributed by atoms with E-state index in [4.69, 9.17) is 0 Å². The topological polar surface area (TPSA) is 81.1 Å². The zero-order valence-corrected chi connectivity index (χ0v) is 20.2. The molecule has 0 aliphatic carbocycles. The highest BCUT2D eigenvalue weighted by molar-refractivity contribution is 7.91.